The van der Waals surface area contributed by atoms with Crippen LogP contribution >= 0.6 is 0 Å². The molecule has 186 valence electrons. The first-order valence-electron chi connectivity index (χ1n) is 10.8. The van der Waals surface area contributed by atoms with Gasteiger partial charge < -0.3 is 16.9 Å². The summed E-state index contributed by atoms with van der Waals surface area (Å²) in [7, 11) is -2.04. The first-order valence-corrected chi connectivity index (χ1v) is 12.3. The van der Waals surface area contributed by atoms with Crippen LogP contribution in [0.15, 0.2) is 77.8 Å². The molecule has 0 atom stereocenters. The summed E-state index contributed by atoms with van der Waals surface area (Å²) in [5.74, 6) is 0.453. The highest BCUT2D eigenvalue weighted by Gasteiger charge is 2.16. The number of nitrogens with two attached hydrogens (primary N) is 2. The average molecular weight is 507 g/mol. The lowest BCUT2D eigenvalue weighted by atomic mass is 10.3. The molecule has 4 aromatic rings. The van der Waals surface area contributed by atoms with Crippen molar-refractivity contribution < 1.29 is 8.42 Å². The normalized spacial score (nSPS) is 10.9. The number of hydrogen-bond acceptors (Lipinski definition) is 11. The summed E-state index contributed by atoms with van der Waals surface area (Å²) in [6.45, 7) is 1.75. The Bertz CT molecular complexity index is 1450. The van der Waals surface area contributed by atoms with E-state index in [0.717, 1.165) is 5.69 Å². The highest BCUT2D eigenvalue weighted by Crippen LogP contribution is 2.29. The van der Waals surface area contributed by atoms with Gasteiger partial charge in [-0.15, -0.1) is 0 Å². The maximum Gasteiger partial charge on any atom is 0.264 e. The number of sulfonamides is 1. The third-order valence-electron chi connectivity index (χ3n) is 5.02. The van der Waals surface area contributed by atoms with Gasteiger partial charge in [0.25, 0.3) is 10.0 Å². The Kier molecular flexibility index (Phi) is 6.92. The summed E-state index contributed by atoms with van der Waals surface area (Å²) in [5, 5.41) is 1.73. The Morgan fingerprint density at radius 2 is 1.58 bits per heavy atom. The highest BCUT2D eigenvalue weighted by atomic mass is 32.2. The molecule has 0 amide bonds. The van der Waals surface area contributed by atoms with Gasteiger partial charge in [0, 0.05) is 18.9 Å². The zero-order chi connectivity index (χ0) is 25.7. The number of nitrogens with one attached hydrogen (secondary N) is 4. The number of pyridine rings is 1. The van der Waals surface area contributed by atoms with Crippen LogP contribution in [0.2, 0.25) is 0 Å². The van der Waals surface area contributed by atoms with Crippen molar-refractivity contribution in [3.63, 3.8) is 0 Å². The molecule has 0 aliphatic rings. The Morgan fingerprint density at radius 1 is 0.861 bits per heavy atom. The Balaban J connectivity index is 1.44. The van der Waals surface area contributed by atoms with Gasteiger partial charge in [-0.1, -0.05) is 18.2 Å². The molecule has 0 unspecified atom stereocenters. The van der Waals surface area contributed by atoms with Crippen molar-refractivity contribution in [2.75, 3.05) is 44.5 Å². The van der Waals surface area contributed by atoms with Gasteiger partial charge in [0.2, 0.25) is 5.95 Å². The zero-order valence-electron chi connectivity index (χ0n) is 19.6. The number of benzene rings is 2. The van der Waals surface area contributed by atoms with Crippen LogP contribution in [0.4, 0.5) is 40.3 Å². The lowest BCUT2D eigenvalue weighted by Crippen LogP contribution is -2.26. The van der Waals surface area contributed by atoms with Crippen molar-refractivity contribution in [1.29, 1.82) is 0 Å². The standard InChI is InChI=1S/C23H26N10O2S/c1-15-12-13-26-23(27-15)32-36(34,35)18-10-8-16(9-11-18)29-30-19-14-20(22(25)28-21(19)24)33(2)31-17-6-4-3-5-7-17/h3-14,29-31H,1-2H3,(H4,24,25,28)(H,26,27,32). The summed E-state index contributed by atoms with van der Waals surface area (Å²) >= 11 is 0. The smallest absolute Gasteiger partial charge is 0.264 e. The number of nitrogen functional groups attached to an aromatic ring is 2. The Hall–Kier alpha value is -4.78. The predicted molar refractivity (Wildman–Crippen MR) is 143 cm³/mol. The van der Waals surface area contributed by atoms with Gasteiger partial charge in [-0.2, -0.15) is 0 Å². The molecule has 0 saturated heterocycles. The number of anilines is 7. The topological polar surface area (TPSA) is 176 Å². The second-order valence-electron chi connectivity index (χ2n) is 7.76. The maximum absolute atomic E-state index is 12.6. The molecule has 0 aliphatic heterocycles. The summed E-state index contributed by atoms with van der Waals surface area (Å²) in [4.78, 5) is 12.3. The minimum absolute atomic E-state index is 0.00715. The SMILES string of the molecule is Cc1ccnc(NS(=O)(=O)c2ccc(NNc3cc(N(C)Nc4ccccc4)c(N)nc3N)cc2)n1. The molecule has 0 spiro atoms. The van der Waals surface area contributed by atoms with Crippen LogP contribution in [0, 0.1) is 6.92 Å². The Labute approximate surface area is 208 Å². The number of aryl methyl sites for hydroxylation is 1. The number of aromatic nitrogens is 3. The van der Waals surface area contributed by atoms with Crippen molar-refractivity contribution in [3.8, 4) is 0 Å². The molecular formula is C23H26N10O2S. The molecule has 12 nitrogen and oxygen atoms in total. The van der Waals surface area contributed by atoms with Crippen LogP contribution in [0.5, 0.6) is 0 Å². The fourth-order valence-electron chi connectivity index (χ4n) is 3.20. The third kappa shape index (κ3) is 5.82. The van der Waals surface area contributed by atoms with Crippen molar-refractivity contribution in [3.05, 3.63) is 78.6 Å². The molecule has 2 heterocycles. The van der Waals surface area contributed by atoms with E-state index in [-0.39, 0.29) is 22.5 Å². The second-order valence-corrected chi connectivity index (χ2v) is 9.45. The van der Waals surface area contributed by atoms with Gasteiger partial charge in [-0.05, 0) is 55.5 Å². The number of nitrogens with zero attached hydrogens (tertiary/aromatic N) is 4. The molecule has 13 heteroatoms. The van der Waals surface area contributed by atoms with Crippen LogP contribution < -0.4 is 37.5 Å². The number of para-hydroxylation sites is 1. The van der Waals surface area contributed by atoms with Crippen molar-refractivity contribution in [1.82, 2.24) is 15.0 Å². The van der Waals surface area contributed by atoms with Crippen LogP contribution in [0.3, 0.4) is 0 Å². The van der Waals surface area contributed by atoms with E-state index in [0.29, 0.717) is 22.8 Å². The van der Waals surface area contributed by atoms with E-state index in [2.05, 4.69) is 36.0 Å². The van der Waals surface area contributed by atoms with Crippen molar-refractivity contribution >= 4 is 50.4 Å². The van der Waals surface area contributed by atoms with E-state index in [9.17, 15) is 8.42 Å². The van der Waals surface area contributed by atoms with Gasteiger partial charge in [0.15, 0.2) is 11.6 Å². The molecule has 8 N–H and O–H groups in total. The monoisotopic (exact) mass is 506 g/mol. The van der Waals surface area contributed by atoms with Gasteiger partial charge >= 0.3 is 0 Å². The van der Waals surface area contributed by atoms with Crippen molar-refractivity contribution in [2.45, 2.75) is 11.8 Å². The average Bonchev–Trinajstić information content (AvgIpc) is 2.84. The van der Waals surface area contributed by atoms with E-state index in [1.54, 1.807) is 36.2 Å². The first kappa shape index (κ1) is 24.3. The van der Waals surface area contributed by atoms with Gasteiger partial charge in [0.1, 0.15) is 5.69 Å². The van der Waals surface area contributed by atoms with Gasteiger partial charge in [0.05, 0.1) is 22.0 Å². The molecule has 0 fully saturated rings. The lowest BCUT2D eigenvalue weighted by Gasteiger charge is -2.24. The summed E-state index contributed by atoms with van der Waals surface area (Å²) < 4.78 is 27.6. The highest BCUT2D eigenvalue weighted by molar-refractivity contribution is 7.92. The quantitative estimate of drug-likeness (QED) is 0.184. The van der Waals surface area contributed by atoms with Crippen LogP contribution in [-0.2, 0) is 10.0 Å². The largest absolute Gasteiger partial charge is 0.382 e. The number of hydrazine groups is 2. The lowest BCUT2D eigenvalue weighted by molar-refractivity contribution is 0.601. The summed E-state index contributed by atoms with van der Waals surface area (Å²) in [6, 6.07) is 19.1. The van der Waals surface area contributed by atoms with Crippen LogP contribution in [-0.4, -0.2) is 30.4 Å². The predicted octanol–water partition coefficient (Wildman–Crippen LogP) is 3.05. The van der Waals surface area contributed by atoms with Gasteiger partial charge in [-0.25, -0.2) is 28.1 Å². The molecule has 4 rings (SSSR count). The minimum Gasteiger partial charge on any atom is -0.382 e. The fraction of sp³-hybridized carbons (Fsp3) is 0.0870. The summed E-state index contributed by atoms with van der Waals surface area (Å²) in [6.07, 6.45) is 1.48. The number of hydrogen-bond donors (Lipinski definition) is 6. The molecule has 2 aromatic carbocycles. The van der Waals surface area contributed by atoms with Crippen LogP contribution in [0.25, 0.3) is 0 Å². The fourth-order valence-corrected chi connectivity index (χ4v) is 4.15. The minimum atomic E-state index is -3.85. The van der Waals surface area contributed by atoms with E-state index >= 15 is 0 Å². The molecule has 0 bridgehead atoms. The zero-order valence-corrected chi connectivity index (χ0v) is 20.4. The molecular weight excluding hydrogens is 480 g/mol. The summed E-state index contributed by atoms with van der Waals surface area (Å²) in [5.41, 5.74) is 24.5. The molecule has 36 heavy (non-hydrogen) atoms. The third-order valence-corrected chi connectivity index (χ3v) is 6.36. The van der Waals surface area contributed by atoms with E-state index < -0.39 is 10.0 Å². The van der Waals surface area contributed by atoms with E-state index in [4.69, 9.17) is 11.5 Å². The first-order chi connectivity index (χ1) is 17.2. The Morgan fingerprint density at radius 3 is 2.28 bits per heavy atom. The number of rotatable bonds is 9. The van der Waals surface area contributed by atoms with E-state index in [1.165, 1.54) is 18.3 Å². The maximum atomic E-state index is 12.6. The van der Waals surface area contributed by atoms with Crippen molar-refractivity contribution in [2.24, 2.45) is 0 Å². The molecule has 0 radical (unpaired) electrons. The molecule has 2 aromatic heterocycles. The van der Waals surface area contributed by atoms with Gasteiger partial charge in [-0.3, -0.25) is 15.9 Å². The van der Waals surface area contributed by atoms with Crippen LogP contribution in [0.1, 0.15) is 5.69 Å². The van der Waals surface area contributed by atoms with E-state index in [1.807, 2.05) is 37.4 Å². The second kappa shape index (κ2) is 10.2. The molecule has 0 saturated carbocycles. The molecule has 0 aliphatic carbocycles.